The molecule has 0 bridgehead atoms. The van der Waals surface area contributed by atoms with E-state index in [1.54, 1.807) is 11.1 Å². The van der Waals surface area contributed by atoms with E-state index in [9.17, 15) is 0 Å². The minimum atomic E-state index is 0.627. The van der Waals surface area contributed by atoms with Gasteiger partial charge in [0, 0.05) is 0 Å². The van der Waals surface area contributed by atoms with Gasteiger partial charge in [-0.05, 0) is 40.5 Å². The van der Waals surface area contributed by atoms with Crippen molar-refractivity contribution >= 4 is 6.08 Å². The van der Waals surface area contributed by atoms with Gasteiger partial charge in [-0.15, -0.1) is 0 Å². The molecule has 80 valence electrons. The molecule has 0 heterocycles. The molecule has 0 saturated heterocycles. The average molecular weight is 200 g/mol. The summed E-state index contributed by atoms with van der Waals surface area (Å²) in [6.45, 7) is 9.12. The molecular formula is C15H20. The summed E-state index contributed by atoms with van der Waals surface area (Å²) in [4.78, 5) is 0. The molecule has 15 heavy (non-hydrogen) atoms. The van der Waals surface area contributed by atoms with Crippen LogP contribution in [0.2, 0.25) is 0 Å². The standard InChI is InChI=1S/C15H20/c1-10(2)13-8-12-6-5-7-14(12)15(9-13)11(3)4/h5-6,8-11H,7H2,1-4H3. The Balaban J connectivity index is 2.56. The van der Waals surface area contributed by atoms with Crippen LogP contribution in [0.3, 0.4) is 0 Å². The van der Waals surface area contributed by atoms with E-state index in [0.29, 0.717) is 11.8 Å². The van der Waals surface area contributed by atoms with Crippen LogP contribution in [0.5, 0.6) is 0 Å². The Morgan fingerprint density at radius 2 is 1.73 bits per heavy atom. The van der Waals surface area contributed by atoms with Crippen molar-refractivity contribution in [3.63, 3.8) is 0 Å². The summed E-state index contributed by atoms with van der Waals surface area (Å²) in [6.07, 6.45) is 5.68. The van der Waals surface area contributed by atoms with E-state index in [2.05, 4.69) is 52.0 Å². The fourth-order valence-electron chi connectivity index (χ4n) is 2.28. The fraction of sp³-hybridized carbons (Fsp3) is 0.467. The van der Waals surface area contributed by atoms with Gasteiger partial charge in [0.05, 0.1) is 0 Å². The van der Waals surface area contributed by atoms with E-state index in [-0.39, 0.29) is 0 Å². The van der Waals surface area contributed by atoms with Crippen LogP contribution in [0.15, 0.2) is 18.2 Å². The van der Waals surface area contributed by atoms with Crippen LogP contribution < -0.4 is 0 Å². The molecule has 0 saturated carbocycles. The van der Waals surface area contributed by atoms with Gasteiger partial charge >= 0.3 is 0 Å². The molecule has 0 fully saturated rings. The van der Waals surface area contributed by atoms with E-state index in [1.165, 1.54) is 11.1 Å². The lowest BCUT2D eigenvalue weighted by Crippen LogP contribution is -1.99. The average Bonchev–Trinajstić information content (AvgIpc) is 2.62. The van der Waals surface area contributed by atoms with Crippen molar-refractivity contribution in [3.05, 3.63) is 40.5 Å². The molecule has 0 spiro atoms. The molecule has 0 aromatic heterocycles. The van der Waals surface area contributed by atoms with Crippen LogP contribution in [-0.4, -0.2) is 0 Å². The zero-order valence-electron chi connectivity index (χ0n) is 10.2. The van der Waals surface area contributed by atoms with Crippen LogP contribution in [0.1, 0.15) is 61.8 Å². The summed E-state index contributed by atoms with van der Waals surface area (Å²) in [6, 6.07) is 4.76. The lowest BCUT2D eigenvalue weighted by Gasteiger charge is -2.16. The third-order valence-corrected chi connectivity index (χ3v) is 3.25. The van der Waals surface area contributed by atoms with E-state index in [0.717, 1.165) is 6.42 Å². The maximum atomic E-state index is 2.40. The third-order valence-electron chi connectivity index (χ3n) is 3.25. The maximum Gasteiger partial charge on any atom is -0.00853 e. The van der Waals surface area contributed by atoms with Crippen molar-refractivity contribution in [1.29, 1.82) is 0 Å². The molecule has 0 amide bonds. The fourth-order valence-corrected chi connectivity index (χ4v) is 2.28. The van der Waals surface area contributed by atoms with Crippen LogP contribution in [0.25, 0.3) is 6.08 Å². The number of hydrogen-bond donors (Lipinski definition) is 0. The van der Waals surface area contributed by atoms with E-state index in [4.69, 9.17) is 0 Å². The van der Waals surface area contributed by atoms with Gasteiger partial charge in [0.2, 0.25) is 0 Å². The molecule has 1 aromatic carbocycles. The minimum absolute atomic E-state index is 0.627. The second kappa shape index (κ2) is 3.84. The Labute approximate surface area is 93.0 Å². The monoisotopic (exact) mass is 200 g/mol. The number of allylic oxidation sites excluding steroid dienone is 1. The predicted octanol–water partition coefficient (Wildman–Crippen LogP) is 4.50. The zero-order valence-corrected chi connectivity index (χ0v) is 10.2. The highest BCUT2D eigenvalue weighted by atomic mass is 14.2. The Hall–Kier alpha value is -1.04. The Morgan fingerprint density at radius 3 is 2.33 bits per heavy atom. The zero-order chi connectivity index (χ0) is 11.0. The smallest absolute Gasteiger partial charge is 0.00853 e. The number of rotatable bonds is 2. The third kappa shape index (κ3) is 1.86. The van der Waals surface area contributed by atoms with Crippen molar-refractivity contribution in [2.45, 2.75) is 46.0 Å². The predicted molar refractivity (Wildman–Crippen MR) is 67.4 cm³/mol. The van der Waals surface area contributed by atoms with Gasteiger partial charge in [0.1, 0.15) is 0 Å². The van der Waals surface area contributed by atoms with Gasteiger partial charge in [-0.1, -0.05) is 52.0 Å². The first-order valence-corrected chi connectivity index (χ1v) is 5.93. The van der Waals surface area contributed by atoms with Gasteiger partial charge in [0.15, 0.2) is 0 Å². The summed E-state index contributed by atoms with van der Waals surface area (Å²) >= 11 is 0. The summed E-state index contributed by atoms with van der Waals surface area (Å²) in [7, 11) is 0. The summed E-state index contributed by atoms with van der Waals surface area (Å²) in [5, 5.41) is 0. The number of fused-ring (bicyclic) bond motifs is 1. The van der Waals surface area contributed by atoms with Gasteiger partial charge in [-0.3, -0.25) is 0 Å². The molecule has 0 aliphatic heterocycles. The van der Waals surface area contributed by atoms with Crippen molar-refractivity contribution in [2.24, 2.45) is 0 Å². The highest BCUT2D eigenvalue weighted by Crippen LogP contribution is 2.32. The largest absolute Gasteiger partial charge is 0.0795 e. The highest BCUT2D eigenvalue weighted by Gasteiger charge is 2.15. The molecule has 0 unspecified atom stereocenters. The summed E-state index contributed by atoms with van der Waals surface area (Å²) < 4.78 is 0. The maximum absolute atomic E-state index is 2.40. The topological polar surface area (TPSA) is 0 Å². The van der Waals surface area contributed by atoms with Crippen LogP contribution >= 0.6 is 0 Å². The Bertz CT molecular complexity index is 395. The van der Waals surface area contributed by atoms with Gasteiger partial charge < -0.3 is 0 Å². The molecule has 1 aliphatic rings. The SMILES string of the molecule is CC(C)c1cc2c(c(C(C)C)c1)CC=C2. The Kier molecular flexibility index (Phi) is 2.68. The van der Waals surface area contributed by atoms with Gasteiger partial charge in [0.25, 0.3) is 0 Å². The summed E-state index contributed by atoms with van der Waals surface area (Å²) in [5.41, 5.74) is 6.02. The van der Waals surface area contributed by atoms with E-state index >= 15 is 0 Å². The van der Waals surface area contributed by atoms with Gasteiger partial charge in [-0.25, -0.2) is 0 Å². The lowest BCUT2D eigenvalue weighted by atomic mass is 9.89. The molecule has 0 heteroatoms. The lowest BCUT2D eigenvalue weighted by molar-refractivity contribution is 0.823. The first-order valence-electron chi connectivity index (χ1n) is 5.93. The molecule has 0 radical (unpaired) electrons. The molecular weight excluding hydrogens is 180 g/mol. The van der Waals surface area contributed by atoms with E-state index in [1.807, 2.05) is 0 Å². The van der Waals surface area contributed by atoms with Crippen LogP contribution in [0.4, 0.5) is 0 Å². The van der Waals surface area contributed by atoms with E-state index < -0.39 is 0 Å². The number of benzene rings is 1. The molecule has 1 aliphatic carbocycles. The van der Waals surface area contributed by atoms with Crippen LogP contribution in [-0.2, 0) is 6.42 Å². The molecule has 0 nitrogen and oxygen atoms in total. The first kappa shape index (κ1) is 10.5. The molecule has 0 N–H and O–H groups in total. The first-order chi connectivity index (χ1) is 7.09. The number of hydrogen-bond acceptors (Lipinski definition) is 0. The molecule has 0 atom stereocenters. The second-order valence-electron chi connectivity index (χ2n) is 5.09. The summed E-state index contributed by atoms with van der Waals surface area (Å²) in [5.74, 6) is 1.26. The van der Waals surface area contributed by atoms with Crippen molar-refractivity contribution < 1.29 is 0 Å². The Morgan fingerprint density at radius 1 is 1.00 bits per heavy atom. The van der Waals surface area contributed by atoms with Crippen molar-refractivity contribution in [3.8, 4) is 0 Å². The molecule has 1 aromatic rings. The van der Waals surface area contributed by atoms with Gasteiger partial charge in [-0.2, -0.15) is 0 Å². The van der Waals surface area contributed by atoms with Crippen LogP contribution in [0, 0.1) is 0 Å². The second-order valence-corrected chi connectivity index (χ2v) is 5.09. The van der Waals surface area contributed by atoms with Crippen molar-refractivity contribution in [2.75, 3.05) is 0 Å². The normalized spacial score (nSPS) is 14.0. The quantitative estimate of drug-likeness (QED) is 0.659. The molecule has 2 rings (SSSR count). The minimum Gasteiger partial charge on any atom is -0.0795 e. The van der Waals surface area contributed by atoms with Crippen molar-refractivity contribution in [1.82, 2.24) is 0 Å². The highest BCUT2D eigenvalue weighted by molar-refractivity contribution is 5.63.